The molecule has 2 atom stereocenters. The summed E-state index contributed by atoms with van der Waals surface area (Å²) in [6.07, 6.45) is -6.68. The molecule has 2 aromatic rings. The molecule has 6 N–H and O–H groups in total. The van der Waals surface area contributed by atoms with Gasteiger partial charge in [0.05, 0.1) is 12.7 Å². The molecule has 0 heterocycles. The average molecular weight is 478 g/mol. The molecule has 6 nitrogen and oxygen atoms in total. The van der Waals surface area contributed by atoms with E-state index in [-0.39, 0.29) is 28.7 Å². The van der Waals surface area contributed by atoms with E-state index in [1.165, 1.54) is 25.1 Å². The lowest BCUT2D eigenvalue weighted by molar-refractivity contribution is -0.149. The number of aliphatic imine (C=N–C) groups is 1. The summed E-state index contributed by atoms with van der Waals surface area (Å²) in [5.41, 5.74) is 11.5. The summed E-state index contributed by atoms with van der Waals surface area (Å²) in [6, 6.07) is 4.99. The van der Waals surface area contributed by atoms with Crippen molar-refractivity contribution in [3.05, 3.63) is 69.7 Å². The van der Waals surface area contributed by atoms with Crippen LogP contribution in [0.3, 0.4) is 0 Å². The van der Waals surface area contributed by atoms with Crippen LogP contribution < -0.4 is 22.1 Å². The van der Waals surface area contributed by atoms with Crippen LogP contribution in [0, 0.1) is 18.6 Å². The van der Waals surface area contributed by atoms with Crippen LogP contribution in [0.2, 0.25) is 5.02 Å². The average Bonchev–Trinajstić information content (AvgIpc) is 2.68. The van der Waals surface area contributed by atoms with Crippen LogP contribution in [0.4, 0.5) is 22.0 Å². The van der Waals surface area contributed by atoms with Gasteiger partial charge in [-0.1, -0.05) is 17.7 Å². The molecule has 0 aliphatic rings. The number of carbonyl (C=O) groups excluding carboxylic acids is 1. The highest BCUT2D eigenvalue weighted by atomic mass is 35.5. The SMILES string of the molecule is Cc1cc(C(=O)NC(=NCc2ccc(F)cc2Cl)NC(N)CC(N)C(F)(F)F)ccc1F. The Labute approximate surface area is 185 Å². The fourth-order valence-corrected chi connectivity index (χ4v) is 2.77. The van der Waals surface area contributed by atoms with E-state index in [1.807, 2.05) is 0 Å². The number of alkyl halides is 3. The molecule has 0 saturated heterocycles. The smallest absolute Gasteiger partial charge is 0.341 e. The Morgan fingerprint density at radius 2 is 1.84 bits per heavy atom. The molecule has 2 aromatic carbocycles. The second kappa shape index (κ2) is 10.7. The molecule has 0 spiro atoms. The highest BCUT2D eigenvalue weighted by Crippen LogP contribution is 2.21. The molecular formula is C20H21ClF5N5O. The first-order valence-corrected chi connectivity index (χ1v) is 9.65. The second-order valence-electron chi connectivity index (χ2n) is 6.95. The highest BCUT2D eigenvalue weighted by Gasteiger charge is 2.37. The quantitative estimate of drug-likeness (QED) is 0.221. The number of rotatable bonds is 6. The predicted octanol–water partition coefficient (Wildman–Crippen LogP) is 3.37. The van der Waals surface area contributed by atoms with Crippen molar-refractivity contribution in [2.45, 2.75) is 38.3 Å². The van der Waals surface area contributed by atoms with Crippen molar-refractivity contribution in [1.82, 2.24) is 10.6 Å². The van der Waals surface area contributed by atoms with Gasteiger partial charge in [-0.3, -0.25) is 10.1 Å². The van der Waals surface area contributed by atoms with Gasteiger partial charge in [-0.2, -0.15) is 13.2 Å². The first kappa shape index (κ1) is 25.5. The minimum Gasteiger partial charge on any atom is -0.341 e. The number of carbonyl (C=O) groups is 1. The van der Waals surface area contributed by atoms with E-state index in [4.69, 9.17) is 23.1 Å². The van der Waals surface area contributed by atoms with Crippen LogP contribution in [0.15, 0.2) is 41.4 Å². The number of hydrogen-bond donors (Lipinski definition) is 4. The Bertz CT molecular complexity index is 999. The van der Waals surface area contributed by atoms with E-state index < -0.39 is 42.3 Å². The second-order valence-corrected chi connectivity index (χ2v) is 7.36. The number of amides is 1. The summed E-state index contributed by atoms with van der Waals surface area (Å²) in [5, 5.41) is 4.92. The third-order valence-corrected chi connectivity index (χ3v) is 4.68. The van der Waals surface area contributed by atoms with Gasteiger partial charge in [0.2, 0.25) is 0 Å². The molecule has 0 aromatic heterocycles. The van der Waals surface area contributed by atoms with Gasteiger partial charge in [-0.05, 0) is 48.4 Å². The number of benzene rings is 2. The maximum atomic E-state index is 13.5. The van der Waals surface area contributed by atoms with Crippen molar-refractivity contribution < 1.29 is 26.7 Å². The van der Waals surface area contributed by atoms with E-state index in [0.717, 1.165) is 18.2 Å². The van der Waals surface area contributed by atoms with E-state index in [2.05, 4.69) is 15.6 Å². The predicted molar refractivity (Wildman–Crippen MR) is 111 cm³/mol. The number of hydrogen-bond acceptors (Lipinski definition) is 4. The van der Waals surface area contributed by atoms with E-state index >= 15 is 0 Å². The van der Waals surface area contributed by atoms with Crippen molar-refractivity contribution in [1.29, 1.82) is 0 Å². The van der Waals surface area contributed by atoms with E-state index in [1.54, 1.807) is 0 Å². The van der Waals surface area contributed by atoms with Crippen LogP contribution in [0.25, 0.3) is 0 Å². The molecule has 0 radical (unpaired) electrons. The molecule has 0 aliphatic heterocycles. The Hall–Kier alpha value is -2.76. The van der Waals surface area contributed by atoms with Gasteiger partial charge < -0.3 is 16.8 Å². The van der Waals surface area contributed by atoms with Crippen molar-refractivity contribution in [3.63, 3.8) is 0 Å². The molecular weight excluding hydrogens is 457 g/mol. The molecule has 0 fully saturated rings. The Kier molecular flexibility index (Phi) is 8.53. The molecule has 1 amide bonds. The molecule has 0 bridgehead atoms. The fourth-order valence-electron chi connectivity index (χ4n) is 2.54. The Balaban J connectivity index is 2.22. The van der Waals surface area contributed by atoms with E-state index in [0.29, 0.717) is 5.56 Å². The summed E-state index contributed by atoms with van der Waals surface area (Å²) in [7, 11) is 0. The first-order chi connectivity index (χ1) is 14.9. The summed E-state index contributed by atoms with van der Waals surface area (Å²) in [6.45, 7) is 1.31. The van der Waals surface area contributed by atoms with Crippen molar-refractivity contribution >= 4 is 23.5 Å². The van der Waals surface area contributed by atoms with E-state index in [9.17, 15) is 26.7 Å². The summed E-state index contributed by atoms with van der Waals surface area (Å²) in [5.74, 6) is -2.05. The number of guanidine groups is 1. The summed E-state index contributed by atoms with van der Waals surface area (Å²) >= 11 is 5.95. The van der Waals surface area contributed by atoms with Gasteiger partial charge in [-0.15, -0.1) is 0 Å². The molecule has 174 valence electrons. The summed E-state index contributed by atoms with van der Waals surface area (Å²) in [4.78, 5) is 16.6. The molecule has 32 heavy (non-hydrogen) atoms. The minimum absolute atomic E-state index is 0.0666. The van der Waals surface area contributed by atoms with Gasteiger partial charge in [0, 0.05) is 17.0 Å². The van der Waals surface area contributed by atoms with Gasteiger partial charge >= 0.3 is 6.18 Å². The van der Waals surface area contributed by atoms with Gasteiger partial charge in [0.25, 0.3) is 5.91 Å². The summed E-state index contributed by atoms with van der Waals surface area (Å²) < 4.78 is 64.8. The van der Waals surface area contributed by atoms with Crippen LogP contribution in [-0.4, -0.2) is 30.3 Å². The maximum absolute atomic E-state index is 13.5. The monoisotopic (exact) mass is 477 g/mol. The lowest BCUT2D eigenvalue weighted by Gasteiger charge is -2.22. The molecule has 2 rings (SSSR count). The van der Waals surface area contributed by atoms with Crippen LogP contribution >= 0.6 is 11.6 Å². The van der Waals surface area contributed by atoms with Gasteiger partial charge in [0.15, 0.2) is 5.96 Å². The zero-order chi connectivity index (χ0) is 24.1. The van der Waals surface area contributed by atoms with Gasteiger partial charge in [-0.25, -0.2) is 13.8 Å². The maximum Gasteiger partial charge on any atom is 0.403 e. The van der Waals surface area contributed by atoms with Gasteiger partial charge in [0.1, 0.15) is 17.7 Å². The molecule has 0 saturated carbocycles. The number of nitrogens with two attached hydrogens (primary N) is 2. The fraction of sp³-hybridized carbons (Fsp3) is 0.300. The normalized spacial score (nSPS) is 14.1. The van der Waals surface area contributed by atoms with Crippen molar-refractivity contribution in [2.24, 2.45) is 16.5 Å². The zero-order valence-electron chi connectivity index (χ0n) is 16.8. The zero-order valence-corrected chi connectivity index (χ0v) is 17.6. The Morgan fingerprint density at radius 1 is 1.16 bits per heavy atom. The third kappa shape index (κ3) is 7.43. The highest BCUT2D eigenvalue weighted by molar-refractivity contribution is 6.31. The van der Waals surface area contributed by atoms with Crippen LogP contribution in [-0.2, 0) is 6.54 Å². The third-order valence-electron chi connectivity index (χ3n) is 4.33. The number of nitrogens with zero attached hydrogens (tertiary/aromatic N) is 1. The minimum atomic E-state index is -4.66. The first-order valence-electron chi connectivity index (χ1n) is 9.27. The molecule has 0 aliphatic carbocycles. The number of halogens is 6. The lowest BCUT2D eigenvalue weighted by atomic mass is 10.1. The van der Waals surface area contributed by atoms with Crippen molar-refractivity contribution in [2.75, 3.05) is 0 Å². The Morgan fingerprint density at radius 3 is 2.44 bits per heavy atom. The topological polar surface area (TPSA) is 106 Å². The number of aryl methyl sites for hydroxylation is 1. The standard InChI is InChI=1S/C20H21ClF5N5O/c1-10-6-11(3-5-15(10)23)18(32)31-19(30-17(28)8-16(27)20(24,25)26)29-9-12-2-4-13(22)7-14(12)21/h2-7,16-17H,8-9,27-28H2,1H3,(H2,29,30,31,32). The van der Waals surface area contributed by atoms with Crippen molar-refractivity contribution in [3.8, 4) is 0 Å². The van der Waals surface area contributed by atoms with Crippen LogP contribution in [0.1, 0.15) is 27.9 Å². The van der Waals surface area contributed by atoms with Crippen LogP contribution in [0.5, 0.6) is 0 Å². The molecule has 2 unspecified atom stereocenters. The number of nitrogens with one attached hydrogen (secondary N) is 2. The largest absolute Gasteiger partial charge is 0.403 e. The molecule has 12 heteroatoms. The lowest BCUT2D eigenvalue weighted by Crippen LogP contribution is -2.53.